The smallest absolute Gasteiger partial charge is 0.00170 e. The minimum absolute atomic E-state index is 1.40. The molecule has 0 aromatic carbocycles. The van der Waals surface area contributed by atoms with Crippen molar-refractivity contribution in [3.05, 3.63) is 21.9 Å². The molecule has 0 aliphatic carbocycles. The molecule has 1 aromatic rings. The Morgan fingerprint density at radius 1 is 0.818 bits per heavy atom. The van der Waals surface area contributed by atoms with Gasteiger partial charge in [-0.3, -0.25) is 0 Å². The average Bonchev–Trinajstić information content (AvgIpc) is 2.43. The van der Waals surface area contributed by atoms with Gasteiger partial charge in [0, 0.05) is 9.75 Å². The highest BCUT2D eigenvalue weighted by Crippen LogP contribution is 2.11. The minimum atomic E-state index is 1.40. The number of rotatable bonds is 0. The Balaban J connectivity index is 0. The second kappa shape index (κ2) is 9.70. The first-order chi connectivity index (χ1) is 5.29. The Kier molecular flexibility index (Phi) is 11.7. The molecule has 0 unspecified atom stereocenters. The van der Waals surface area contributed by atoms with Crippen LogP contribution in [0.5, 0.6) is 0 Å². The van der Waals surface area contributed by atoms with Crippen LogP contribution in [-0.4, -0.2) is 0 Å². The summed E-state index contributed by atoms with van der Waals surface area (Å²) >= 11 is 1.84. The van der Waals surface area contributed by atoms with E-state index in [1.807, 2.05) is 39.0 Å². The van der Waals surface area contributed by atoms with E-state index in [-0.39, 0.29) is 0 Å². The highest BCUT2D eigenvalue weighted by molar-refractivity contribution is 7.11. The van der Waals surface area contributed by atoms with Gasteiger partial charge in [-0.15, -0.1) is 11.3 Å². The second-order valence-corrected chi connectivity index (χ2v) is 3.15. The van der Waals surface area contributed by atoms with Crippen molar-refractivity contribution in [3.8, 4) is 0 Å². The van der Waals surface area contributed by atoms with Crippen LogP contribution in [0.25, 0.3) is 0 Å². The standard InChI is InChI=1S/C6H8S.2C2H6/c1-5-3-4-6(2)7-5;2*1-2/h3-4H,1-2H3;2*1-2H3. The molecule has 0 aliphatic rings. The van der Waals surface area contributed by atoms with E-state index in [1.54, 1.807) is 0 Å². The molecule has 1 heteroatoms. The summed E-state index contributed by atoms with van der Waals surface area (Å²) in [7, 11) is 0. The highest BCUT2D eigenvalue weighted by Gasteiger charge is 1.84. The molecule has 1 rings (SSSR count). The fraction of sp³-hybridized carbons (Fsp3) is 0.600. The van der Waals surface area contributed by atoms with E-state index >= 15 is 0 Å². The van der Waals surface area contributed by atoms with Crippen LogP contribution in [0.15, 0.2) is 12.1 Å². The van der Waals surface area contributed by atoms with Crippen molar-refractivity contribution in [3.63, 3.8) is 0 Å². The van der Waals surface area contributed by atoms with Gasteiger partial charge in [0.15, 0.2) is 0 Å². The van der Waals surface area contributed by atoms with Crippen LogP contribution in [0.4, 0.5) is 0 Å². The summed E-state index contributed by atoms with van der Waals surface area (Å²) in [6, 6.07) is 4.28. The molecule has 1 aromatic heterocycles. The maximum absolute atomic E-state index is 2.14. The van der Waals surface area contributed by atoms with Gasteiger partial charge in [-0.25, -0.2) is 0 Å². The molecule has 0 nitrogen and oxygen atoms in total. The highest BCUT2D eigenvalue weighted by atomic mass is 32.1. The Morgan fingerprint density at radius 3 is 1.18 bits per heavy atom. The Bertz CT molecular complexity index is 137. The largest absolute Gasteiger partial charge is 0.146 e. The summed E-state index contributed by atoms with van der Waals surface area (Å²) in [5.74, 6) is 0. The number of thiophene rings is 1. The van der Waals surface area contributed by atoms with E-state index in [4.69, 9.17) is 0 Å². The molecule has 0 aliphatic heterocycles. The Morgan fingerprint density at radius 2 is 1.09 bits per heavy atom. The van der Waals surface area contributed by atoms with Crippen molar-refractivity contribution < 1.29 is 0 Å². The Hall–Kier alpha value is -0.300. The predicted octanol–water partition coefficient (Wildman–Crippen LogP) is 4.42. The maximum atomic E-state index is 2.14. The maximum Gasteiger partial charge on any atom is 0.00170 e. The lowest BCUT2D eigenvalue weighted by Gasteiger charge is -1.71. The molecule has 0 N–H and O–H groups in total. The van der Waals surface area contributed by atoms with Crippen molar-refractivity contribution in [2.24, 2.45) is 0 Å². The first-order valence-electron chi connectivity index (χ1n) is 4.32. The van der Waals surface area contributed by atoms with Gasteiger partial charge in [-0.05, 0) is 26.0 Å². The topological polar surface area (TPSA) is 0 Å². The van der Waals surface area contributed by atoms with Crippen LogP contribution in [0.3, 0.4) is 0 Å². The van der Waals surface area contributed by atoms with Crippen LogP contribution in [0.1, 0.15) is 37.4 Å². The number of aryl methyl sites for hydroxylation is 2. The van der Waals surface area contributed by atoms with E-state index in [1.165, 1.54) is 9.75 Å². The third-order valence-electron chi connectivity index (χ3n) is 0.875. The van der Waals surface area contributed by atoms with Crippen molar-refractivity contribution >= 4 is 11.3 Å². The molecule has 0 saturated heterocycles. The van der Waals surface area contributed by atoms with Crippen LogP contribution < -0.4 is 0 Å². The lowest BCUT2D eigenvalue weighted by Crippen LogP contribution is -1.44. The molecule has 0 radical (unpaired) electrons. The molecule has 0 bridgehead atoms. The molecule has 0 amide bonds. The number of hydrogen-bond acceptors (Lipinski definition) is 1. The van der Waals surface area contributed by atoms with Crippen molar-refractivity contribution in [2.75, 3.05) is 0 Å². The van der Waals surface area contributed by atoms with Gasteiger partial charge >= 0.3 is 0 Å². The summed E-state index contributed by atoms with van der Waals surface area (Å²) < 4.78 is 0. The van der Waals surface area contributed by atoms with Crippen LogP contribution in [0, 0.1) is 13.8 Å². The lowest BCUT2D eigenvalue weighted by molar-refractivity contribution is 1.50. The first kappa shape index (κ1) is 13.3. The average molecular weight is 172 g/mol. The summed E-state index contributed by atoms with van der Waals surface area (Å²) in [6.45, 7) is 12.2. The zero-order valence-corrected chi connectivity index (χ0v) is 9.38. The quantitative estimate of drug-likeness (QED) is 0.543. The van der Waals surface area contributed by atoms with E-state index in [9.17, 15) is 0 Å². The van der Waals surface area contributed by atoms with E-state index < -0.39 is 0 Å². The van der Waals surface area contributed by atoms with Crippen molar-refractivity contribution in [2.45, 2.75) is 41.5 Å². The molecule has 0 saturated carbocycles. The molecular formula is C10H20S. The summed E-state index contributed by atoms with van der Waals surface area (Å²) in [4.78, 5) is 2.80. The predicted molar refractivity (Wildman–Crippen MR) is 56.5 cm³/mol. The third kappa shape index (κ3) is 7.60. The van der Waals surface area contributed by atoms with Crippen molar-refractivity contribution in [1.29, 1.82) is 0 Å². The van der Waals surface area contributed by atoms with Crippen LogP contribution in [-0.2, 0) is 0 Å². The molecule has 0 atom stereocenters. The summed E-state index contributed by atoms with van der Waals surface area (Å²) in [5, 5.41) is 0. The fourth-order valence-corrected chi connectivity index (χ4v) is 1.34. The minimum Gasteiger partial charge on any atom is -0.146 e. The van der Waals surface area contributed by atoms with Gasteiger partial charge in [0.25, 0.3) is 0 Å². The molecule has 1 heterocycles. The fourth-order valence-electron chi connectivity index (χ4n) is 0.557. The Labute approximate surface area is 75.3 Å². The normalized spacial score (nSPS) is 7.09. The monoisotopic (exact) mass is 172 g/mol. The third-order valence-corrected chi connectivity index (χ3v) is 1.79. The molecule has 0 fully saturated rings. The zero-order chi connectivity index (χ0) is 9.28. The zero-order valence-electron chi connectivity index (χ0n) is 8.56. The van der Waals surface area contributed by atoms with Gasteiger partial charge in [0.05, 0.1) is 0 Å². The van der Waals surface area contributed by atoms with E-state index in [0.29, 0.717) is 0 Å². The number of hydrogen-bond donors (Lipinski definition) is 0. The molecule has 66 valence electrons. The SMILES string of the molecule is CC.CC.Cc1ccc(C)s1. The van der Waals surface area contributed by atoms with Crippen molar-refractivity contribution in [1.82, 2.24) is 0 Å². The van der Waals surface area contributed by atoms with Gasteiger partial charge in [0.2, 0.25) is 0 Å². The van der Waals surface area contributed by atoms with E-state index in [2.05, 4.69) is 26.0 Å². The molecule has 11 heavy (non-hydrogen) atoms. The second-order valence-electron chi connectivity index (χ2n) is 1.66. The van der Waals surface area contributed by atoms with Crippen LogP contribution >= 0.6 is 11.3 Å². The summed E-state index contributed by atoms with van der Waals surface area (Å²) in [5.41, 5.74) is 0. The van der Waals surface area contributed by atoms with Gasteiger partial charge in [0.1, 0.15) is 0 Å². The van der Waals surface area contributed by atoms with Gasteiger partial charge < -0.3 is 0 Å². The lowest BCUT2D eigenvalue weighted by atomic mass is 10.5. The van der Waals surface area contributed by atoms with Crippen LogP contribution in [0.2, 0.25) is 0 Å². The molecular weight excluding hydrogens is 152 g/mol. The van der Waals surface area contributed by atoms with E-state index in [0.717, 1.165) is 0 Å². The summed E-state index contributed by atoms with van der Waals surface area (Å²) in [6.07, 6.45) is 0. The molecule has 0 spiro atoms. The van der Waals surface area contributed by atoms with Gasteiger partial charge in [-0.2, -0.15) is 0 Å². The van der Waals surface area contributed by atoms with Gasteiger partial charge in [-0.1, -0.05) is 27.7 Å². The first-order valence-corrected chi connectivity index (χ1v) is 5.14.